The molecular weight excluding hydrogens is 306 g/mol. The fraction of sp³-hybridized carbons (Fsp3) is 0.500. The second-order valence-electron chi connectivity index (χ2n) is 4.91. The highest BCUT2D eigenvalue weighted by molar-refractivity contribution is 7.15. The lowest BCUT2D eigenvalue weighted by molar-refractivity contribution is -0.145. The summed E-state index contributed by atoms with van der Waals surface area (Å²) in [5.74, 6) is -0.336. The van der Waals surface area contributed by atoms with Crippen LogP contribution in [0.5, 0.6) is 0 Å². The van der Waals surface area contributed by atoms with E-state index in [0.29, 0.717) is 13.2 Å². The molecule has 3 rings (SSSR count). The van der Waals surface area contributed by atoms with Crippen LogP contribution in [-0.2, 0) is 22.5 Å². The second kappa shape index (κ2) is 6.11. The first-order chi connectivity index (χ1) is 10.2. The fourth-order valence-electron chi connectivity index (χ4n) is 2.41. The molecule has 112 valence electrons. The summed E-state index contributed by atoms with van der Waals surface area (Å²) in [5.41, 5.74) is 1.94. The highest BCUT2D eigenvalue weighted by Gasteiger charge is 2.33. The van der Waals surface area contributed by atoms with E-state index in [1.165, 1.54) is 4.88 Å². The zero-order valence-electron chi connectivity index (χ0n) is 12.0. The third-order valence-electron chi connectivity index (χ3n) is 3.35. The summed E-state index contributed by atoms with van der Waals surface area (Å²) in [7, 11) is 0. The van der Waals surface area contributed by atoms with Gasteiger partial charge in [-0.3, -0.25) is 4.79 Å². The minimum Gasteiger partial charge on any atom is -0.465 e. The Morgan fingerprint density at radius 2 is 2.38 bits per heavy atom. The Labute approximate surface area is 131 Å². The number of aromatic nitrogens is 2. The van der Waals surface area contributed by atoms with Gasteiger partial charge in [0.25, 0.3) is 0 Å². The van der Waals surface area contributed by atoms with Crippen LogP contribution < -0.4 is 5.32 Å². The number of thiazole rings is 2. The van der Waals surface area contributed by atoms with Gasteiger partial charge < -0.3 is 10.1 Å². The molecule has 1 aliphatic carbocycles. The Morgan fingerprint density at radius 3 is 3.10 bits per heavy atom. The minimum atomic E-state index is -0.186. The van der Waals surface area contributed by atoms with Crippen LogP contribution in [0.3, 0.4) is 0 Å². The molecule has 1 N–H and O–H groups in total. The number of carbonyl (C=O) groups excluding carboxylic acids is 1. The maximum Gasteiger partial charge on any atom is 0.315 e. The first-order valence-corrected chi connectivity index (χ1v) is 8.68. The monoisotopic (exact) mass is 323 g/mol. The van der Waals surface area contributed by atoms with Crippen molar-refractivity contribution in [3.05, 3.63) is 26.7 Å². The molecule has 5 nitrogen and oxygen atoms in total. The van der Waals surface area contributed by atoms with E-state index in [0.717, 1.165) is 34.4 Å². The molecule has 2 heterocycles. The van der Waals surface area contributed by atoms with Crippen molar-refractivity contribution in [3.8, 4) is 0 Å². The van der Waals surface area contributed by atoms with Gasteiger partial charge in [-0.1, -0.05) is 0 Å². The summed E-state index contributed by atoms with van der Waals surface area (Å²) in [5, 5.41) is 7.24. The van der Waals surface area contributed by atoms with Gasteiger partial charge in [-0.2, -0.15) is 0 Å². The van der Waals surface area contributed by atoms with Crippen molar-refractivity contribution < 1.29 is 9.53 Å². The molecule has 21 heavy (non-hydrogen) atoms. The van der Waals surface area contributed by atoms with Crippen LogP contribution in [0.15, 0.2) is 5.38 Å². The molecule has 0 fully saturated rings. The summed E-state index contributed by atoms with van der Waals surface area (Å²) in [6.07, 6.45) is 1.73. The number of aryl methyl sites for hydroxylation is 2. The van der Waals surface area contributed by atoms with Crippen molar-refractivity contribution in [2.75, 3.05) is 11.9 Å². The van der Waals surface area contributed by atoms with E-state index in [9.17, 15) is 4.79 Å². The molecule has 0 saturated heterocycles. The van der Waals surface area contributed by atoms with Crippen molar-refractivity contribution in [2.24, 2.45) is 0 Å². The summed E-state index contributed by atoms with van der Waals surface area (Å²) in [6, 6.07) is 0. The topological polar surface area (TPSA) is 64.1 Å². The molecule has 0 amide bonds. The predicted octanol–water partition coefficient (Wildman–Crippen LogP) is 3.11. The smallest absolute Gasteiger partial charge is 0.315 e. The summed E-state index contributed by atoms with van der Waals surface area (Å²) >= 11 is 3.27. The Hall–Kier alpha value is -1.47. The number of fused-ring (bicyclic) bond motifs is 1. The number of rotatable bonds is 5. The highest BCUT2D eigenvalue weighted by atomic mass is 32.1. The number of esters is 1. The molecule has 1 unspecified atom stereocenters. The van der Waals surface area contributed by atoms with E-state index in [1.807, 2.05) is 19.2 Å². The third-order valence-corrected chi connectivity index (χ3v) is 5.40. The molecule has 0 radical (unpaired) electrons. The van der Waals surface area contributed by atoms with Crippen LogP contribution in [-0.4, -0.2) is 22.5 Å². The lowest BCUT2D eigenvalue weighted by Crippen LogP contribution is -2.14. The Bertz CT molecular complexity index is 650. The molecule has 0 aliphatic heterocycles. The number of carbonyl (C=O) groups is 1. The van der Waals surface area contributed by atoms with E-state index < -0.39 is 0 Å². The third kappa shape index (κ3) is 3.08. The van der Waals surface area contributed by atoms with Crippen LogP contribution >= 0.6 is 22.7 Å². The molecule has 2 aromatic heterocycles. The first kappa shape index (κ1) is 14.5. The number of nitrogens with one attached hydrogen (secondary N) is 1. The minimum absolute atomic E-state index is 0.149. The molecular formula is C14H17N3O2S2. The maximum absolute atomic E-state index is 11.9. The number of nitrogens with zero attached hydrogens (tertiary/aromatic N) is 2. The average Bonchev–Trinajstić information content (AvgIpc) is 3.11. The molecule has 0 spiro atoms. The van der Waals surface area contributed by atoms with E-state index in [4.69, 9.17) is 4.74 Å². The van der Waals surface area contributed by atoms with Gasteiger partial charge in [0.05, 0.1) is 18.8 Å². The van der Waals surface area contributed by atoms with Crippen molar-refractivity contribution in [3.63, 3.8) is 0 Å². The van der Waals surface area contributed by atoms with Gasteiger partial charge in [0.2, 0.25) is 0 Å². The Balaban J connectivity index is 1.67. The van der Waals surface area contributed by atoms with Crippen molar-refractivity contribution >= 4 is 33.8 Å². The molecule has 0 bridgehead atoms. The van der Waals surface area contributed by atoms with Gasteiger partial charge >= 0.3 is 5.97 Å². The highest BCUT2D eigenvalue weighted by Crippen LogP contribution is 2.39. The average molecular weight is 323 g/mol. The second-order valence-corrected chi connectivity index (χ2v) is 6.93. The zero-order chi connectivity index (χ0) is 14.8. The van der Waals surface area contributed by atoms with Gasteiger partial charge in [-0.25, -0.2) is 9.97 Å². The summed E-state index contributed by atoms with van der Waals surface area (Å²) in [6.45, 7) is 4.91. The number of anilines is 1. The lowest BCUT2D eigenvalue weighted by atomic mass is 10.1. The maximum atomic E-state index is 11.9. The Morgan fingerprint density at radius 1 is 1.52 bits per heavy atom. The van der Waals surface area contributed by atoms with Gasteiger partial charge in [0, 0.05) is 16.0 Å². The fourth-order valence-corrected chi connectivity index (χ4v) is 4.16. The quantitative estimate of drug-likeness (QED) is 0.857. The summed E-state index contributed by atoms with van der Waals surface area (Å²) in [4.78, 5) is 22.1. The lowest BCUT2D eigenvalue weighted by Gasteiger charge is -2.07. The van der Waals surface area contributed by atoms with Crippen LogP contribution in [0.1, 0.15) is 40.5 Å². The van der Waals surface area contributed by atoms with Crippen LogP contribution in [0.4, 0.5) is 5.13 Å². The van der Waals surface area contributed by atoms with Crippen LogP contribution in [0.2, 0.25) is 0 Å². The van der Waals surface area contributed by atoms with E-state index in [2.05, 4.69) is 15.3 Å². The van der Waals surface area contributed by atoms with Gasteiger partial charge in [-0.05, 0) is 26.7 Å². The number of hydrogen-bond acceptors (Lipinski definition) is 7. The molecule has 1 aliphatic rings. The van der Waals surface area contributed by atoms with Gasteiger partial charge in [0.15, 0.2) is 5.13 Å². The molecule has 2 aromatic rings. The SMILES string of the molecule is CCOC(=O)C1CCc2sc(NCc3nc(C)cs3)nc21. The molecule has 7 heteroatoms. The van der Waals surface area contributed by atoms with Crippen molar-refractivity contribution in [1.29, 1.82) is 0 Å². The number of hydrogen-bond donors (Lipinski definition) is 1. The van der Waals surface area contributed by atoms with Crippen molar-refractivity contribution in [1.82, 2.24) is 9.97 Å². The van der Waals surface area contributed by atoms with E-state index >= 15 is 0 Å². The Kier molecular flexibility index (Phi) is 4.21. The van der Waals surface area contributed by atoms with E-state index in [-0.39, 0.29) is 11.9 Å². The molecule has 0 aromatic carbocycles. The van der Waals surface area contributed by atoms with Crippen molar-refractivity contribution in [2.45, 2.75) is 39.2 Å². The number of ether oxygens (including phenoxy) is 1. The first-order valence-electron chi connectivity index (χ1n) is 6.98. The van der Waals surface area contributed by atoms with Gasteiger partial charge in [-0.15, -0.1) is 22.7 Å². The van der Waals surface area contributed by atoms with Crippen LogP contribution in [0, 0.1) is 6.92 Å². The van der Waals surface area contributed by atoms with Crippen LogP contribution in [0.25, 0.3) is 0 Å². The zero-order valence-corrected chi connectivity index (χ0v) is 13.6. The molecule has 0 saturated carbocycles. The molecule has 1 atom stereocenters. The standard InChI is InChI=1S/C14H17N3O2S2/c1-3-19-13(18)9-4-5-10-12(9)17-14(21-10)15-6-11-16-8(2)7-20-11/h7,9H,3-6H2,1-2H3,(H,15,17). The predicted molar refractivity (Wildman–Crippen MR) is 84.0 cm³/mol. The normalized spacial score (nSPS) is 16.8. The van der Waals surface area contributed by atoms with E-state index in [1.54, 1.807) is 22.7 Å². The van der Waals surface area contributed by atoms with Gasteiger partial charge in [0.1, 0.15) is 10.9 Å². The largest absolute Gasteiger partial charge is 0.465 e. The summed E-state index contributed by atoms with van der Waals surface area (Å²) < 4.78 is 5.12.